The summed E-state index contributed by atoms with van der Waals surface area (Å²) in [6, 6.07) is 15.4. The van der Waals surface area contributed by atoms with Gasteiger partial charge in [-0.15, -0.1) is 0 Å². The molecular weight excluding hydrogens is 554 g/mol. The number of allylic oxidation sites excluding steroid dienone is 2. The predicted molar refractivity (Wildman–Crippen MR) is 171 cm³/mol. The van der Waals surface area contributed by atoms with Crippen molar-refractivity contribution in [2.45, 2.75) is 102 Å². The van der Waals surface area contributed by atoms with E-state index in [1.807, 2.05) is 42.5 Å². The van der Waals surface area contributed by atoms with Crippen LogP contribution < -0.4 is 0 Å². The van der Waals surface area contributed by atoms with Gasteiger partial charge < -0.3 is 24.6 Å². The van der Waals surface area contributed by atoms with Crippen LogP contribution in [0.1, 0.15) is 105 Å². The van der Waals surface area contributed by atoms with Crippen molar-refractivity contribution in [3.05, 3.63) is 82.4 Å². The fourth-order valence-corrected chi connectivity index (χ4v) is 7.71. The van der Waals surface area contributed by atoms with E-state index in [4.69, 9.17) is 9.47 Å². The summed E-state index contributed by atoms with van der Waals surface area (Å²) in [5, 5.41) is 23.5. The van der Waals surface area contributed by atoms with Crippen molar-refractivity contribution in [2.24, 2.45) is 5.41 Å². The summed E-state index contributed by atoms with van der Waals surface area (Å²) in [7, 11) is 0. The van der Waals surface area contributed by atoms with E-state index < -0.39 is 23.2 Å². The maximum Gasteiger partial charge on any atom is 0.409 e. The van der Waals surface area contributed by atoms with Crippen LogP contribution in [0.15, 0.2) is 60.2 Å². The zero-order valence-electron chi connectivity index (χ0n) is 26.6. The average Bonchev–Trinajstić information content (AvgIpc) is 3.61. The highest BCUT2D eigenvalue weighted by Crippen LogP contribution is 2.59. The molecule has 3 aliphatic carbocycles. The van der Waals surface area contributed by atoms with Gasteiger partial charge in [0.15, 0.2) is 5.78 Å². The minimum Gasteiger partial charge on any atom is -0.450 e. The molecule has 4 aliphatic rings. The molecule has 5 atom stereocenters. The van der Waals surface area contributed by atoms with Crippen LogP contribution in [0.5, 0.6) is 0 Å². The zero-order chi connectivity index (χ0) is 31.3. The highest BCUT2D eigenvalue weighted by atomic mass is 16.6. The van der Waals surface area contributed by atoms with Crippen molar-refractivity contribution in [3.63, 3.8) is 0 Å². The zero-order valence-corrected chi connectivity index (χ0v) is 26.6. The highest BCUT2D eigenvalue weighted by molar-refractivity contribution is 6.10. The van der Waals surface area contributed by atoms with Gasteiger partial charge in [0.05, 0.1) is 37.5 Å². The number of hydrogen-bond donors (Lipinski definition) is 2. The second kappa shape index (κ2) is 14.0. The van der Waals surface area contributed by atoms with Gasteiger partial charge in [-0.05, 0) is 94.7 Å². The average molecular weight is 604 g/mol. The van der Waals surface area contributed by atoms with Gasteiger partial charge >= 0.3 is 6.09 Å². The van der Waals surface area contributed by atoms with E-state index in [0.29, 0.717) is 56.4 Å². The number of fused-ring (bicyclic) bond motifs is 8. The summed E-state index contributed by atoms with van der Waals surface area (Å²) in [5.41, 5.74) is 2.49. The van der Waals surface area contributed by atoms with Crippen molar-refractivity contribution in [3.8, 4) is 0 Å². The summed E-state index contributed by atoms with van der Waals surface area (Å²) in [6.45, 7) is 7.52. The SMILES string of the molecule is CCOC(=O)N(C[C@H]1CCCO1)C[C@]1(O)CC[C@H]2c3ccc(cc3C(=O)c3ccccc3)C[C@@H](O)CCC(C)=CCC[C@@]21C. The van der Waals surface area contributed by atoms with E-state index in [0.717, 1.165) is 36.8 Å². The molecule has 0 aromatic heterocycles. The number of ketones is 1. The Labute approximate surface area is 262 Å². The Hall–Kier alpha value is -3.00. The number of nitrogens with zero attached hydrogens (tertiary/aromatic N) is 1. The molecule has 7 heteroatoms. The summed E-state index contributed by atoms with van der Waals surface area (Å²) >= 11 is 0. The molecule has 1 amide bonds. The van der Waals surface area contributed by atoms with Gasteiger partial charge in [0.1, 0.15) is 0 Å². The van der Waals surface area contributed by atoms with Gasteiger partial charge in [0.2, 0.25) is 0 Å². The Morgan fingerprint density at radius 1 is 1.09 bits per heavy atom. The summed E-state index contributed by atoms with van der Waals surface area (Å²) in [5.74, 6) is -0.165. The molecule has 6 rings (SSSR count). The number of rotatable bonds is 7. The maximum absolute atomic E-state index is 14.1. The minimum atomic E-state index is -1.20. The number of amides is 1. The molecule has 2 fully saturated rings. The first-order chi connectivity index (χ1) is 21.1. The van der Waals surface area contributed by atoms with Crippen LogP contribution in [-0.4, -0.2) is 71.1 Å². The van der Waals surface area contributed by atoms with Crippen LogP contribution in [0.3, 0.4) is 0 Å². The van der Waals surface area contributed by atoms with Gasteiger partial charge in [-0.1, -0.05) is 61.0 Å². The van der Waals surface area contributed by atoms with E-state index >= 15 is 0 Å². The molecule has 1 aliphatic heterocycles. The number of ether oxygens (including phenoxy) is 2. The number of carbonyl (C=O) groups is 2. The lowest BCUT2D eigenvalue weighted by Gasteiger charge is -2.46. The predicted octanol–water partition coefficient (Wildman–Crippen LogP) is 6.59. The number of aliphatic hydroxyl groups is 2. The summed E-state index contributed by atoms with van der Waals surface area (Å²) < 4.78 is 11.3. The normalized spacial score (nSPS) is 29.0. The molecule has 2 bridgehead atoms. The van der Waals surface area contributed by atoms with Gasteiger partial charge in [-0.25, -0.2) is 4.79 Å². The third-order valence-electron chi connectivity index (χ3n) is 10.4. The van der Waals surface area contributed by atoms with Gasteiger partial charge in [-0.2, -0.15) is 0 Å². The van der Waals surface area contributed by atoms with E-state index in [1.165, 1.54) is 5.57 Å². The third kappa shape index (κ3) is 6.95. The van der Waals surface area contributed by atoms with Crippen molar-refractivity contribution < 1.29 is 29.3 Å². The fourth-order valence-electron chi connectivity index (χ4n) is 7.71. The molecule has 0 unspecified atom stereocenters. The van der Waals surface area contributed by atoms with E-state index in [9.17, 15) is 19.8 Å². The first kappa shape index (κ1) is 32.4. The largest absolute Gasteiger partial charge is 0.450 e. The molecule has 0 spiro atoms. The van der Waals surface area contributed by atoms with Gasteiger partial charge in [-0.3, -0.25) is 4.79 Å². The van der Waals surface area contributed by atoms with Gasteiger partial charge in [0.25, 0.3) is 0 Å². The van der Waals surface area contributed by atoms with Crippen LogP contribution in [0.2, 0.25) is 0 Å². The molecule has 2 aromatic carbocycles. The van der Waals surface area contributed by atoms with Crippen molar-refractivity contribution in [1.29, 1.82) is 0 Å². The van der Waals surface area contributed by atoms with Crippen molar-refractivity contribution in [2.75, 3.05) is 26.3 Å². The van der Waals surface area contributed by atoms with E-state index in [1.54, 1.807) is 11.8 Å². The highest BCUT2D eigenvalue weighted by Gasteiger charge is 2.58. The van der Waals surface area contributed by atoms with Crippen LogP contribution in [0, 0.1) is 5.41 Å². The van der Waals surface area contributed by atoms with E-state index in [-0.39, 0.29) is 31.0 Å². The molecule has 1 heterocycles. The summed E-state index contributed by atoms with van der Waals surface area (Å²) in [6.07, 6.45) is 7.61. The summed E-state index contributed by atoms with van der Waals surface area (Å²) in [4.78, 5) is 29.0. The minimum absolute atomic E-state index is 0.0518. The van der Waals surface area contributed by atoms with Crippen LogP contribution in [0.4, 0.5) is 4.79 Å². The Morgan fingerprint density at radius 3 is 2.61 bits per heavy atom. The van der Waals surface area contributed by atoms with Gasteiger partial charge in [0, 0.05) is 23.1 Å². The van der Waals surface area contributed by atoms with Crippen LogP contribution in [0.25, 0.3) is 0 Å². The lowest BCUT2D eigenvalue weighted by atomic mass is 9.64. The number of aliphatic hydroxyl groups excluding tert-OH is 1. The number of benzene rings is 2. The molecule has 7 nitrogen and oxygen atoms in total. The lowest BCUT2D eigenvalue weighted by Crippen LogP contribution is -2.55. The van der Waals surface area contributed by atoms with Crippen molar-refractivity contribution in [1.82, 2.24) is 4.90 Å². The van der Waals surface area contributed by atoms with E-state index in [2.05, 4.69) is 26.0 Å². The standard InChI is InChI=1S/C37H49NO6/c1-4-43-35(41)38(24-30-13-9-21-44-30)25-37(42)20-18-33-31-17-15-27(23-32(31)34(40)28-11-6-5-7-12-28)22-29(39)16-14-26(2)10-8-19-36(33,37)3/h5-7,10-12,15,17,23,29-30,33,39,42H,4,8-9,13-14,16,18-22,24-25H2,1-3H3/t29-,30+,33-,36-,37+/m0/s1. The molecular formula is C37H49NO6. The number of hydrogen-bond acceptors (Lipinski definition) is 6. The molecule has 2 aromatic rings. The first-order valence-electron chi connectivity index (χ1n) is 16.5. The molecule has 1 saturated carbocycles. The molecule has 238 valence electrons. The Morgan fingerprint density at radius 2 is 1.89 bits per heavy atom. The lowest BCUT2D eigenvalue weighted by molar-refractivity contribution is -0.0851. The quantitative estimate of drug-likeness (QED) is 0.274. The topological polar surface area (TPSA) is 96.3 Å². The number of carbonyl (C=O) groups excluding carboxylic acids is 2. The first-order valence-corrected chi connectivity index (χ1v) is 16.5. The smallest absolute Gasteiger partial charge is 0.409 e. The van der Waals surface area contributed by atoms with Crippen molar-refractivity contribution >= 4 is 11.9 Å². The molecule has 0 radical (unpaired) electrons. The van der Waals surface area contributed by atoms with Crippen LogP contribution >= 0.6 is 0 Å². The Kier molecular flexibility index (Phi) is 10.3. The third-order valence-corrected chi connectivity index (χ3v) is 10.4. The molecule has 2 N–H and O–H groups in total. The second-order valence-electron chi connectivity index (χ2n) is 13.4. The monoisotopic (exact) mass is 603 g/mol. The van der Waals surface area contributed by atoms with Crippen LogP contribution in [-0.2, 0) is 15.9 Å². The molecule has 1 saturated heterocycles. The second-order valence-corrected chi connectivity index (χ2v) is 13.4. The fraction of sp³-hybridized carbons (Fsp3) is 0.568. The molecule has 44 heavy (non-hydrogen) atoms. The maximum atomic E-state index is 14.1. The Bertz CT molecular complexity index is 1330. The Balaban J connectivity index is 1.57.